The van der Waals surface area contributed by atoms with Crippen LogP contribution in [0.25, 0.3) is 0 Å². The van der Waals surface area contributed by atoms with Gasteiger partial charge in [0.1, 0.15) is 6.17 Å². The molecule has 1 atom stereocenters. The van der Waals surface area contributed by atoms with Gasteiger partial charge < -0.3 is 10.6 Å². The molecule has 0 saturated carbocycles. The van der Waals surface area contributed by atoms with E-state index in [0.29, 0.717) is 12.2 Å². The molecule has 1 heterocycles. The zero-order valence-electron chi connectivity index (χ0n) is 4.59. The van der Waals surface area contributed by atoms with Crippen molar-refractivity contribution in [3.63, 3.8) is 0 Å². The van der Waals surface area contributed by atoms with Gasteiger partial charge in [0.15, 0.2) is 0 Å². The molecule has 1 rings (SSSR count). The van der Waals surface area contributed by atoms with E-state index in [9.17, 15) is 9.59 Å². The molecule has 0 radical (unpaired) electrons. The summed E-state index contributed by atoms with van der Waals surface area (Å²) in [5.41, 5.74) is 0. The minimum absolute atomic E-state index is 0.0747. The highest BCUT2D eigenvalue weighted by atomic mass is 32.2. The molecule has 4 nitrogen and oxygen atoms in total. The lowest BCUT2D eigenvalue weighted by Gasteiger charge is -2.04. The topological polar surface area (TPSA) is 58.2 Å². The summed E-state index contributed by atoms with van der Waals surface area (Å²) in [5, 5.41) is 4.90. The molecule has 1 saturated heterocycles. The Morgan fingerprint density at radius 3 is 3.11 bits per heavy atom. The number of thioether (sulfide) groups is 1. The van der Waals surface area contributed by atoms with Crippen molar-refractivity contribution in [2.45, 2.75) is 6.17 Å². The van der Waals surface area contributed by atoms with Crippen LogP contribution in [-0.4, -0.2) is 23.6 Å². The van der Waals surface area contributed by atoms with E-state index < -0.39 is 0 Å². The van der Waals surface area contributed by atoms with E-state index in [2.05, 4.69) is 10.6 Å². The van der Waals surface area contributed by atoms with Crippen LogP contribution in [0, 0.1) is 0 Å². The number of hydrogen-bond acceptors (Lipinski definition) is 3. The van der Waals surface area contributed by atoms with Crippen LogP contribution in [0.15, 0.2) is 0 Å². The summed E-state index contributed by atoms with van der Waals surface area (Å²) in [6, 6.07) is 0. The number of nitrogens with one attached hydrogen (secondary N) is 2. The van der Waals surface area contributed by atoms with Crippen LogP contribution >= 0.6 is 11.8 Å². The number of amides is 2. The molecule has 0 aromatic heterocycles. The molecule has 0 bridgehead atoms. The molecule has 2 amide bonds. The maximum Gasteiger partial charge on any atom is 0.280 e. The summed E-state index contributed by atoms with van der Waals surface area (Å²) in [5.74, 6) is 0.623. The van der Waals surface area contributed by atoms with Gasteiger partial charge >= 0.3 is 0 Å². The van der Waals surface area contributed by atoms with E-state index in [-0.39, 0.29) is 11.4 Å². The molecule has 1 aliphatic rings. The number of rotatable bonds is 2. The van der Waals surface area contributed by atoms with Crippen LogP contribution in [-0.2, 0) is 4.79 Å². The zero-order chi connectivity index (χ0) is 6.69. The summed E-state index contributed by atoms with van der Waals surface area (Å²) in [6.07, 6.45) is 0.414. The van der Waals surface area contributed by atoms with E-state index in [4.69, 9.17) is 0 Å². The van der Waals surface area contributed by atoms with E-state index in [1.165, 1.54) is 11.8 Å². The van der Waals surface area contributed by atoms with Gasteiger partial charge in [0.2, 0.25) is 6.41 Å². The molecular formula is C4H6N2O2S. The van der Waals surface area contributed by atoms with Crippen LogP contribution in [0.4, 0.5) is 4.79 Å². The van der Waals surface area contributed by atoms with E-state index in [1.807, 2.05) is 0 Å². The van der Waals surface area contributed by atoms with Crippen LogP contribution in [0.1, 0.15) is 0 Å². The van der Waals surface area contributed by atoms with Gasteiger partial charge in [-0.3, -0.25) is 9.59 Å². The molecule has 50 valence electrons. The molecule has 0 aromatic carbocycles. The third-order valence-electron chi connectivity index (χ3n) is 0.942. The molecule has 0 spiro atoms. The number of carbonyl (C=O) groups excluding carboxylic acids is 2. The lowest BCUT2D eigenvalue weighted by Crippen LogP contribution is -2.39. The second kappa shape index (κ2) is 2.72. The summed E-state index contributed by atoms with van der Waals surface area (Å²) >= 11 is 1.17. The molecule has 2 N–H and O–H groups in total. The summed E-state index contributed by atoms with van der Waals surface area (Å²) in [7, 11) is 0. The van der Waals surface area contributed by atoms with Gasteiger partial charge in [-0.25, -0.2) is 0 Å². The Morgan fingerprint density at radius 1 is 1.89 bits per heavy atom. The molecule has 0 aromatic rings. The predicted molar refractivity (Wildman–Crippen MR) is 34.0 cm³/mol. The normalized spacial score (nSPS) is 25.3. The highest BCUT2D eigenvalue weighted by Crippen LogP contribution is 2.09. The Kier molecular flexibility index (Phi) is 1.94. The minimum Gasteiger partial charge on any atom is -0.338 e. The van der Waals surface area contributed by atoms with Gasteiger partial charge in [-0.05, 0) is 0 Å². The first kappa shape index (κ1) is 6.41. The quantitative estimate of drug-likeness (QED) is 0.517. The molecule has 0 unspecified atom stereocenters. The van der Waals surface area contributed by atoms with Crippen molar-refractivity contribution in [2.24, 2.45) is 0 Å². The third-order valence-corrected chi connectivity index (χ3v) is 1.82. The summed E-state index contributed by atoms with van der Waals surface area (Å²) in [6.45, 7) is 0. The first-order valence-corrected chi connectivity index (χ1v) is 3.44. The van der Waals surface area contributed by atoms with Crippen LogP contribution < -0.4 is 10.6 Å². The van der Waals surface area contributed by atoms with Gasteiger partial charge in [-0.2, -0.15) is 0 Å². The second-order valence-electron chi connectivity index (χ2n) is 1.58. The van der Waals surface area contributed by atoms with Gasteiger partial charge in [0, 0.05) is 5.75 Å². The Balaban J connectivity index is 2.29. The van der Waals surface area contributed by atoms with Gasteiger partial charge in [-0.1, -0.05) is 11.8 Å². The average molecular weight is 146 g/mol. The zero-order valence-corrected chi connectivity index (χ0v) is 5.40. The van der Waals surface area contributed by atoms with Gasteiger partial charge in [0.05, 0.1) is 0 Å². The van der Waals surface area contributed by atoms with Crippen molar-refractivity contribution in [2.75, 3.05) is 5.75 Å². The maximum absolute atomic E-state index is 10.4. The Hall–Kier alpha value is -0.710. The van der Waals surface area contributed by atoms with E-state index >= 15 is 0 Å². The van der Waals surface area contributed by atoms with Crippen molar-refractivity contribution < 1.29 is 9.59 Å². The number of carbonyl (C=O) groups is 2. The molecule has 1 aliphatic heterocycles. The predicted octanol–water partition coefficient (Wildman–Crippen LogP) is -0.485. The highest BCUT2D eigenvalue weighted by molar-refractivity contribution is 8.13. The molecule has 1 fully saturated rings. The lowest BCUT2D eigenvalue weighted by atomic mass is 10.6. The molecule has 5 heteroatoms. The fourth-order valence-corrected chi connectivity index (χ4v) is 1.28. The van der Waals surface area contributed by atoms with E-state index in [1.54, 1.807) is 0 Å². The molecule has 0 aliphatic carbocycles. The monoisotopic (exact) mass is 146 g/mol. The third kappa shape index (κ3) is 1.60. The van der Waals surface area contributed by atoms with Gasteiger partial charge in [0.25, 0.3) is 5.24 Å². The smallest absolute Gasteiger partial charge is 0.280 e. The minimum atomic E-state index is -0.167. The maximum atomic E-state index is 10.4. The molecular weight excluding hydrogens is 140 g/mol. The first-order chi connectivity index (χ1) is 4.33. The van der Waals surface area contributed by atoms with Gasteiger partial charge in [-0.15, -0.1) is 0 Å². The van der Waals surface area contributed by atoms with Crippen molar-refractivity contribution in [1.29, 1.82) is 0 Å². The van der Waals surface area contributed by atoms with Crippen molar-refractivity contribution in [1.82, 2.24) is 10.6 Å². The SMILES string of the molecule is O=CN[C@H]1CSC(=O)N1. The fourth-order valence-electron chi connectivity index (χ4n) is 0.557. The molecule has 9 heavy (non-hydrogen) atoms. The Bertz CT molecular complexity index is 139. The summed E-state index contributed by atoms with van der Waals surface area (Å²) < 4.78 is 0. The standard InChI is InChI=1S/C4H6N2O2S/c7-2-5-3-1-9-4(8)6-3/h2-3H,1H2,(H,5,7)(H,6,8)/t3-/m1/s1. The summed E-state index contributed by atoms with van der Waals surface area (Å²) in [4.78, 5) is 20.2. The van der Waals surface area contributed by atoms with Crippen molar-refractivity contribution in [3.05, 3.63) is 0 Å². The first-order valence-electron chi connectivity index (χ1n) is 2.46. The van der Waals surface area contributed by atoms with Crippen molar-refractivity contribution in [3.8, 4) is 0 Å². The van der Waals surface area contributed by atoms with Crippen LogP contribution in [0.2, 0.25) is 0 Å². The lowest BCUT2D eigenvalue weighted by molar-refractivity contribution is -0.110. The second-order valence-corrected chi connectivity index (χ2v) is 2.57. The Labute approximate surface area is 56.4 Å². The van der Waals surface area contributed by atoms with Crippen molar-refractivity contribution >= 4 is 23.4 Å². The van der Waals surface area contributed by atoms with Crippen LogP contribution in [0.5, 0.6) is 0 Å². The average Bonchev–Trinajstić information content (AvgIpc) is 2.17. The van der Waals surface area contributed by atoms with E-state index in [0.717, 1.165) is 0 Å². The van der Waals surface area contributed by atoms with Crippen LogP contribution in [0.3, 0.4) is 0 Å². The fraction of sp³-hybridized carbons (Fsp3) is 0.500. The number of hydrogen-bond donors (Lipinski definition) is 2. The highest BCUT2D eigenvalue weighted by Gasteiger charge is 2.19. The largest absolute Gasteiger partial charge is 0.338 e. The Morgan fingerprint density at radius 2 is 2.67 bits per heavy atom.